The monoisotopic (exact) mass is 226 g/mol. The van der Waals surface area contributed by atoms with Crippen LogP contribution in [0.2, 0.25) is 0 Å². The summed E-state index contributed by atoms with van der Waals surface area (Å²) in [6, 6.07) is 10.5. The van der Waals surface area contributed by atoms with E-state index in [4.69, 9.17) is 0 Å². The smallest absolute Gasteiger partial charge is 0.00943 e. The Hall–Kier alpha value is -1.56. The van der Waals surface area contributed by atoms with Crippen LogP contribution in [0.4, 0.5) is 0 Å². The van der Waals surface area contributed by atoms with Gasteiger partial charge in [-0.25, -0.2) is 0 Å². The van der Waals surface area contributed by atoms with Crippen LogP contribution in [0.25, 0.3) is 0 Å². The highest BCUT2D eigenvalue weighted by molar-refractivity contribution is 5.18. The van der Waals surface area contributed by atoms with Crippen LogP contribution in [-0.2, 0) is 6.42 Å². The molecule has 1 rings (SSSR count). The average Bonchev–Trinajstić information content (AvgIpc) is 2.38. The quantitative estimate of drug-likeness (QED) is 0.345. The maximum atomic E-state index is 2.25. The van der Waals surface area contributed by atoms with Gasteiger partial charge in [-0.1, -0.05) is 73.7 Å². The van der Waals surface area contributed by atoms with Crippen molar-refractivity contribution < 1.29 is 0 Å². The largest absolute Gasteiger partial charge is 0.0888 e. The molecule has 17 heavy (non-hydrogen) atoms. The lowest BCUT2D eigenvalue weighted by Crippen LogP contribution is -1.77. The van der Waals surface area contributed by atoms with Gasteiger partial charge in [0.05, 0.1) is 0 Å². The van der Waals surface area contributed by atoms with Gasteiger partial charge in [0.25, 0.3) is 0 Å². The van der Waals surface area contributed by atoms with Gasteiger partial charge in [-0.2, -0.15) is 0 Å². The lowest BCUT2D eigenvalue weighted by Gasteiger charge is -1.92. The van der Waals surface area contributed by atoms with E-state index in [0.29, 0.717) is 0 Å². The van der Waals surface area contributed by atoms with Crippen LogP contribution in [0, 0.1) is 0 Å². The lowest BCUT2D eigenvalue weighted by molar-refractivity contribution is 1.04. The summed E-state index contributed by atoms with van der Waals surface area (Å²) in [7, 11) is 0. The van der Waals surface area contributed by atoms with Gasteiger partial charge in [0.15, 0.2) is 0 Å². The zero-order valence-corrected chi connectivity index (χ0v) is 10.7. The van der Waals surface area contributed by atoms with Crippen molar-refractivity contribution in [1.82, 2.24) is 0 Å². The maximum Gasteiger partial charge on any atom is -0.00943 e. The first-order valence-corrected chi connectivity index (χ1v) is 6.44. The van der Waals surface area contributed by atoms with E-state index >= 15 is 0 Å². The van der Waals surface area contributed by atoms with E-state index in [2.05, 4.69) is 73.7 Å². The van der Waals surface area contributed by atoms with Crippen LogP contribution in [0.3, 0.4) is 0 Å². The molecule has 0 radical (unpaired) electrons. The van der Waals surface area contributed by atoms with Crippen LogP contribution < -0.4 is 0 Å². The Morgan fingerprint density at radius 1 is 0.824 bits per heavy atom. The second-order valence-electron chi connectivity index (χ2n) is 4.00. The van der Waals surface area contributed by atoms with Crippen LogP contribution in [0.1, 0.15) is 31.7 Å². The number of rotatable bonds is 7. The van der Waals surface area contributed by atoms with Crippen molar-refractivity contribution >= 4 is 0 Å². The number of unbranched alkanes of at least 4 members (excludes halogenated alkanes) is 1. The first kappa shape index (κ1) is 13.5. The fraction of sp³-hybridized carbons (Fsp3) is 0.294. The minimum Gasteiger partial charge on any atom is -0.0888 e. The molecule has 0 aliphatic carbocycles. The van der Waals surface area contributed by atoms with E-state index in [-0.39, 0.29) is 0 Å². The molecular weight excluding hydrogens is 204 g/mol. The summed E-state index contributed by atoms with van der Waals surface area (Å²) >= 11 is 0. The third kappa shape index (κ3) is 7.35. The average molecular weight is 226 g/mol. The molecule has 0 unspecified atom stereocenters. The Bertz CT molecular complexity index is 355. The van der Waals surface area contributed by atoms with Gasteiger partial charge >= 0.3 is 0 Å². The van der Waals surface area contributed by atoms with Crippen LogP contribution in [0.15, 0.2) is 66.8 Å². The third-order valence-corrected chi connectivity index (χ3v) is 2.48. The van der Waals surface area contributed by atoms with E-state index in [1.54, 1.807) is 0 Å². The standard InChI is InChI=1S/C17H22/c1-2-3-4-5-6-7-8-9-11-14-17-15-12-10-13-16-17/h3-4,7-13,15-16H,2,5-6,14H2,1H3/b4-3-,8-7+,11-9+. The molecule has 0 aliphatic heterocycles. The Morgan fingerprint density at radius 2 is 1.53 bits per heavy atom. The van der Waals surface area contributed by atoms with Crippen LogP contribution in [-0.4, -0.2) is 0 Å². The summed E-state index contributed by atoms with van der Waals surface area (Å²) in [5.41, 5.74) is 1.36. The van der Waals surface area contributed by atoms with Crippen molar-refractivity contribution in [1.29, 1.82) is 0 Å². The van der Waals surface area contributed by atoms with E-state index in [1.165, 1.54) is 5.56 Å². The second-order valence-corrected chi connectivity index (χ2v) is 4.00. The predicted molar refractivity (Wildman–Crippen MR) is 77.1 cm³/mol. The van der Waals surface area contributed by atoms with Crippen LogP contribution in [0.5, 0.6) is 0 Å². The summed E-state index contributed by atoms with van der Waals surface area (Å²) in [4.78, 5) is 0. The summed E-state index contributed by atoms with van der Waals surface area (Å²) in [5, 5.41) is 0. The molecule has 0 heterocycles. The number of hydrogen-bond acceptors (Lipinski definition) is 0. The Labute approximate surface area is 105 Å². The van der Waals surface area contributed by atoms with Crippen molar-refractivity contribution in [3.63, 3.8) is 0 Å². The minimum absolute atomic E-state index is 1.01. The summed E-state index contributed by atoms with van der Waals surface area (Å²) in [5.74, 6) is 0. The van der Waals surface area contributed by atoms with Crippen molar-refractivity contribution in [2.45, 2.75) is 32.6 Å². The van der Waals surface area contributed by atoms with Crippen LogP contribution >= 0.6 is 0 Å². The molecule has 0 spiro atoms. The van der Waals surface area contributed by atoms with Crippen molar-refractivity contribution in [2.75, 3.05) is 0 Å². The molecule has 0 bridgehead atoms. The number of allylic oxidation sites excluding steroid dienone is 6. The molecule has 0 fully saturated rings. The van der Waals surface area contributed by atoms with Gasteiger partial charge in [0, 0.05) is 0 Å². The highest BCUT2D eigenvalue weighted by Crippen LogP contribution is 2.00. The van der Waals surface area contributed by atoms with Gasteiger partial charge < -0.3 is 0 Å². The summed E-state index contributed by atoms with van der Waals surface area (Å²) in [6.45, 7) is 2.17. The molecule has 0 aliphatic rings. The first-order chi connectivity index (χ1) is 8.43. The molecule has 1 aromatic rings. The van der Waals surface area contributed by atoms with Gasteiger partial charge in [-0.3, -0.25) is 0 Å². The molecule has 0 nitrogen and oxygen atoms in total. The maximum absolute atomic E-state index is 2.25. The zero-order chi connectivity index (χ0) is 12.2. The van der Waals surface area contributed by atoms with Gasteiger partial charge in [0.1, 0.15) is 0 Å². The first-order valence-electron chi connectivity index (χ1n) is 6.44. The number of hydrogen-bond donors (Lipinski definition) is 0. The topological polar surface area (TPSA) is 0 Å². The second kappa shape index (κ2) is 9.65. The van der Waals surface area contributed by atoms with E-state index in [0.717, 1.165) is 25.7 Å². The molecule has 0 aromatic heterocycles. The third-order valence-electron chi connectivity index (χ3n) is 2.48. The molecule has 0 heteroatoms. The van der Waals surface area contributed by atoms with Gasteiger partial charge in [0.2, 0.25) is 0 Å². The normalized spacial score (nSPS) is 12.1. The Balaban J connectivity index is 2.13. The molecule has 1 aromatic carbocycles. The van der Waals surface area contributed by atoms with Gasteiger partial charge in [-0.15, -0.1) is 0 Å². The Kier molecular flexibility index (Phi) is 7.67. The highest BCUT2D eigenvalue weighted by atomic mass is 13.9. The zero-order valence-electron chi connectivity index (χ0n) is 10.7. The fourth-order valence-electron chi connectivity index (χ4n) is 1.55. The predicted octanol–water partition coefficient (Wildman–Crippen LogP) is 5.09. The van der Waals surface area contributed by atoms with E-state index in [1.807, 2.05) is 0 Å². The SMILES string of the molecule is CC/C=C\CC/C=C/C=C/Cc1ccccc1. The van der Waals surface area contributed by atoms with Gasteiger partial charge in [-0.05, 0) is 31.2 Å². The minimum atomic E-state index is 1.01. The molecule has 0 saturated heterocycles. The van der Waals surface area contributed by atoms with E-state index < -0.39 is 0 Å². The fourth-order valence-corrected chi connectivity index (χ4v) is 1.55. The molecule has 0 atom stereocenters. The molecule has 90 valence electrons. The van der Waals surface area contributed by atoms with Crippen molar-refractivity contribution in [2.24, 2.45) is 0 Å². The molecule has 0 amide bonds. The molecular formula is C17H22. The van der Waals surface area contributed by atoms with Crippen molar-refractivity contribution in [3.05, 3.63) is 72.4 Å². The van der Waals surface area contributed by atoms with Crippen molar-refractivity contribution in [3.8, 4) is 0 Å². The van der Waals surface area contributed by atoms with E-state index in [9.17, 15) is 0 Å². The molecule has 0 N–H and O–H groups in total. The summed E-state index contributed by atoms with van der Waals surface area (Å²) < 4.78 is 0. The molecule has 0 saturated carbocycles. The summed E-state index contributed by atoms with van der Waals surface area (Å²) in [6.07, 6.45) is 17.6. The Morgan fingerprint density at radius 3 is 2.29 bits per heavy atom. The highest BCUT2D eigenvalue weighted by Gasteiger charge is 1.84. The lowest BCUT2D eigenvalue weighted by atomic mass is 10.1. The number of benzene rings is 1.